The van der Waals surface area contributed by atoms with Crippen LogP contribution in [0.1, 0.15) is 15.9 Å². The van der Waals surface area contributed by atoms with Crippen molar-refractivity contribution in [2.45, 2.75) is 10.1 Å². The zero-order valence-corrected chi connectivity index (χ0v) is 17.5. The van der Waals surface area contributed by atoms with Crippen molar-refractivity contribution in [2.75, 3.05) is 5.32 Å². The van der Waals surface area contributed by atoms with Crippen LogP contribution >= 0.6 is 69.5 Å². The number of carbonyl (C=O) groups excluding carboxylic acids is 1. The monoisotopic (exact) mass is 463 g/mol. The molecule has 1 heterocycles. The van der Waals surface area contributed by atoms with Crippen LogP contribution in [0, 0.1) is 0 Å². The summed E-state index contributed by atoms with van der Waals surface area (Å²) in [5.41, 5.74) is 1.33. The summed E-state index contributed by atoms with van der Waals surface area (Å²) in [6, 6.07) is 10.1. The van der Waals surface area contributed by atoms with Crippen LogP contribution in [0.4, 0.5) is 5.13 Å². The minimum atomic E-state index is -0.371. The Balaban J connectivity index is 1.62. The normalized spacial score (nSPS) is 10.8. The Bertz CT molecular complexity index is 964. The Morgan fingerprint density at radius 3 is 2.54 bits per heavy atom. The van der Waals surface area contributed by atoms with Crippen molar-refractivity contribution in [3.8, 4) is 0 Å². The van der Waals surface area contributed by atoms with E-state index in [1.165, 1.54) is 29.2 Å². The third-order valence-electron chi connectivity index (χ3n) is 3.15. The van der Waals surface area contributed by atoms with Gasteiger partial charge in [-0.25, -0.2) is 0 Å². The first-order chi connectivity index (χ1) is 12.4. The van der Waals surface area contributed by atoms with E-state index in [0.29, 0.717) is 35.9 Å². The molecule has 2 aromatic carbocycles. The van der Waals surface area contributed by atoms with Crippen LogP contribution in [0.2, 0.25) is 20.1 Å². The fraction of sp³-hybridized carbons (Fsp3) is 0.0625. The van der Waals surface area contributed by atoms with Gasteiger partial charge in [0.15, 0.2) is 4.34 Å². The van der Waals surface area contributed by atoms with Gasteiger partial charge in [-0.2, -0.15) is 0 Å². The third-order valence-corrected chi connectivity index (χ3v) is 6.48. The van der Waals surface area contributed by atoms with E-state index < -0.39 is 0 Å². The van der Waals surface area contributed by atoms with E-state index in [-0.39, 0.29) is 10.9 Å². The quantitative estimate of drug-likeness (QED) is 0.337. The van der Waals surface area contributed by atoms with Gasteiger partial charge in [0, 0.05) is 10.8 Å². The van der Waals surface area contributed by atoms with E-state index in [4.69, 9.17) is 46.4 Å². The zero-order chi connectivity index (χ0) is 18.7. The van der Waals surface area contributed by atoms with Gasteiger partial charge in [0.2, 0.25) is 5.13 Å². The van der Waals surface area contributed by atoms with Crippen molar-refractivity contribution in [3.63, 3.8) is 0 Å². The molecule has 0 aliphatic rings. The average Bonchev–Trinajstić information content (AvgIpc) is 3.03. The van der Waals surface area contributed by atoms with Crippen molar-refractivity contribution < 1.29 is 4.79 Å². The van der Waals surface area contributed by atoms with Gasteiger partial charge in [-0.15, -0.1) is 10.2 Å². The predicted octanol–water partition coefficient (Wildman–Crippen LogP) is 6.70. The van der Waals surface area contributed by atoms with Gasteiger partial charge < -0.3 is 0 Å². The number of nitrogens with zero attached hydrogens (tertiary/aromatic N) is 2. The lowest BCUT2D eigenvalue weighted by molar-refractivity contribution is 0.102. The summed E-state index contributed by atoms with van der Waals surface area (Å²) in [5.74, 6) is 0.284. The highest BCUT2D eigenvalue weighted by Crippen LogP contribution is 2.31. The Morgan fingerprint density at radius 1 is 1.00 bits per heavy atom. The third kappa shape index (κ3) is 5.03. The summed E-state index contributed by atoms with van der Waals surface area (Å²) in [7, 11) is 0. The van der Waals surface area contributed by atoms with Gasteiger partial charge in [0.1, 0.15) is 0 Å². The van der Waals surface area contributed by atoms with E-state index in [2.05, 4.69) is 15.5 Å². The lowest BCUT2D eigenvalue weighted by Crippen LogP contribution is -2.12. The van der Waals surface area contributed by atoms with Crippen LogP contribution in [0.25, 0.3) is 0 Å². The molecular weight excluding hydrogens is 456 g/mol. The van der Waals surface area contributed by atoms with Crippen molar-refractivity contribution >= 4 is 80.5 Å². The number of nitrogens with one attached hydrogen (secondary N) is 1. The first-order valence-corrected chi connectivity index (χ1v) is 10.4. The molecule has 0 radical (unpaired) electrons. The minimum absolute atomic E-state index is 0.272. The molecule has 1 amide bonds. The maximum Gasteiger partial charge on any atom is 0.259 e. The summed E-state index contributed by atoms with van der Waals surface area (Å²) < 4.78 is 0.716. The zero-order valence-electron chi connectivity index (χ0n) is 12.8. The highest BCUT2D eigenvalue weighted by molar-refractivity contribution is 8.00. The summed E-state index contributed by atoms with van der Waals surface area (Å²) in [4.78, 5) is 12.3. The van der Waals surface area contributed by atoms with Gasteiger partial charge in [-0.05, 0) is 35.9 Å². The van der Waals surface area contributed by atoms with Crippen molar-refractivity contribution in [2.24, 2.45) is 0 Å². The minimum Gasteiger partial charge on any atom is -0.296 e. The molecule has 0 unspecified atom stereocenters. The lowest BCUT2D eigenvalue weighted by atomic mass is 10.2. The van der Waals surface area contributed by atoms with Gasteiger partial charge in [0.05, 0.1) is 20.6 Å². The maximum absolute atomic E-state index is 12.3. The Kier molecular flexibility index (Phi) is 6.66. The molecule has 10 heteroatoms. The Labute approximate surface area is 177 Å². The molecule has 0 saturated carbocycles. The van der Waals surface area contributed by atoms with E-state index in [1.807, 2.05) is 12.1 Å². The highest BCUT2D eigenvalue weighted by atomic mass is 35.5. The van der Waals surface area contributed by atoms with Crippen LogP contribution in [-0.4, -0.2) is 16.1 Å². The van der Waals surface area contributed by atoms with E-state index in [9.17, 15) is 4.79 Å². The highest BCUT2D eigenvalue weighted by Gasteiger charge is 2.14. The van der Waals surface area contributed by atoms with Gasteiger partial charge in [-0.3, -0.25) is 10.1 Å². The second-order valence-corrected chi connectivity index (χ2v) is 8.85. The first-order valence-electron chi connectivity index (χ1n) is 7.09. The number of thioether (sulfide) groups is 1. The summed E-state index contributed by atoms with van der Waals surface area (Å²) in [6.45, 7) is 0. The Morgan fingerprint density at radius 2 is 1.81 bits per heavy atom. The second-order valence-electron chi connectivity index (χ2n) is 4.99. The number of aromatic nitrogens is 2. The largest absolute Gasteiger partial charge is 0.296 e. The SMILES string of the molecule is O=C(Nc1nnc(SCc2ccc(Cl)c(Cl)c2)s1)c1ccc(Cl)cc1Cl. The molecule has 134 valence electrons. The number of hydrogen-bond acceptors (Lipinski definition) is 5. The van der Waals surface area contributed by atoms with Crippen LogP contribution in [0.3, 0.4) is 0 Å². The fourth-order valence-corrected chi connectivity index (χ4v) is 4.44. The molecule has 0 fully saturated rings. The molecule has 0 bridgehead atoms. The molecule has 4 nitrogen and oxygen atoms in total. The number of benzene rings is 2. The molecule has 26 heavy (non-hydrogen) atoms. The van der Waals surface area contributed by atoms with E-state index in [0.717, 1.165) is 5.56 Å². The predicted molar refractivity (Wildman–Crippen MR) is 110 cm³/mol. The fourth-order valence-electron chi connectivity index (χ4n) is 1.93. The summed E-state index contributed by atoms with van der Waals surface area (Å²) >= 11 is 26.5. The van der Waals surface area contributed by atoms with E-state index in [1.54, 1.807) is 18.2 Å². The number of rotatable bonds is 5. The van der Waals surface area contributed by atoms with Gasteiger partial charge >= 0.3 is 0 Å². The van der Waals surface area contributed by atoms with Gasteiger partial charge in [0.25, 0.3) is 5.91 Å². The molecule has 0 atom stereocenters. The molecule has 0 spiro atoms. The molecule has 1 aromatic heterocycles. The molecule has 3 rings (SSSR count). The number of carbonyl (C=O) groups is 1. The second kappa shape index (κ2) is 8.78. The van der Waals surface area contributed by atoms with Crippen LogP contribution in [0.5, 0.6) is 0 Å². The molecule has 0 aliphatic carbocycles. The Hall–Kier alpha value is -1.02. The van der Waals surface area contributed by atoms with Gasteiger partial charge in [-0.1, -0.05) is 75.6 Å². The maximum atomic E-state index is 12.3. The summed E-state index contributed by atoms with van der Waals surface area (Å²) in [6.07, 6.45) is 0. The van der Waals surface area contributed by atoms with E-state index >= 15 is 0 Å². The standard InChI is InChI=1S/C16H9Cl4N3OS2/c17-9-2-3-10(12(19)6-9)14(24)21-15-22-23-16(26-15)25-7-8-1-4-11(18)13(20)5-8/h1-6H,7H2,(H,21,22,24). The number of halogens is 4. The average molecular weight is 465 g/mol. The first kappa shape index (κ1) is 19.7. The topological polar surface area (TPSA) is 54.9 Å². The van der Waals surface area contributed by atoms with Crippen molar-refractivity contribution in [1.29, 1.82) is 0 Å². The number of amides is 1. The molecular formula is C16H9Cl4N3OS2. The van der Waals surface area contributed by atoms with Crippen LogP contribution in [0.15, 0.2) is 40.7 Å². The van der Waals surface area contributed by atoms with Crippen molar-refractivity contribution in [1.82, 2.24) is 10.2 Å². The summed E-state index contributed by atoms with van der Waals surface area (Å²) in [5, 5.41) is 12.9. The van der Waals surface area contributed by atoms with Crippen LogP contribution in [-0.2, 0) is 5.75 Å². The molecule has 0 saturated heterocycles. The van der Waals surface area contributed by atoms with Crippen LogP contribution < -0.4 is 5.32 Å². The number of hydrogen-bond donors (Lipinski definition) is 1. The molecule has 3 aromatic rings. The van der Waals surface area contributed by atoms with Crippen molar-refractivity contribution in [3.05, 3.63) is 67.6 Å². The lowest BCUT2D eigenvalue weighted by Gasteiger charge is -2.03. The smallest absolute Gasteiger partial charge is 0.259 e. The molecule has 1 N–H and O–H groups in total. The number of anilines is 1. The molecule has 0 aliphatic heterocycles.